The molecule has 6 heteroatoms. The van der Waals surface area contributed by atoms with Crippen molar-refractivity contribution in [3.05, 3.63) is 24.3 Å². The molecular weight excluding hydrogens is 851 g/mol. The Labute approximate surface area is 431 Å². The maximum Gasteiger partial charge on any atom is 0.305 e. The Kier molecular flexibility index (Phi) is 57.5. The molecule has 0 spiro atoms. The minimum atomic E-state index is -0.845. The highest BCUT2D eigenvalue weighted by Gasteiger charge is 2.18. The normalized spacial score (nSPS) is 12.7. The first kappa shape index (κ1) is 67.3. The predicted molar refractivity (Wildman–Crippen MR) is 301 cm³/mol. The number of ether oxygens (including phenoxy) is 1. The molecule has 0 aliphatic heterocycles. The average molecular weight is 973 g/mol. The van der Waals surface area contributed by atoms with Crippen molar-refractivity contribution >= 4 is 11.9 Å². The fourth-order valence-electron chi connectivity index (χ4n) is 9.68. The van der Waals surface area contributed by atoms with E-state index in [1.807, 2.05) is 6.08 Å². The van der Waals surface area contributed by atoms with E-state index in [0.717, 1.165) is 44.9 Å². The zero-order chi connectivity index (χ0) is 50.0. The van der Waals surface area contributed by atoms with Gasteiger partial charge in [0.1, 0.15) is 0 Å². The van der Waals surface area contributed by atoms with Gasteiger partial charge in [-0.1, -0.05) is 301 Å². The van der Waals surface area contributed by atoms with Gasteiger partial charge in [0.05, 0.1) is 25.4 Å². The van der Waals surface area contributed by atoms with Gasteiger partial charge in [-0.05, 0) is 51.4 Å². The van der Waals surface area contributed by atoms with Crippen molar-refractivity contribution < 1.29 is 24.5 Å². The first-order valence-electron chi connectivity index (χ1n) is 31.1. The predicted octanol–water partition coefficient (Wildman–Crippen LogP) is 19.4. The summed E-state index contributed by atoms with van der Waals surface area (Å²) in [5, 5.41) is 23.2. The van der Waals surface area contributed by atoms with Gasteiger partial charge in [-0.15, -0.1) is 0 Å². The van der Waals surface area contributed by atoms with Crippen LogP contribution in [-0.4, -0.2) is 47.4 Å². The topological polar surface area (TPSA) is 95.9 Å². The summed E-state index contributed by atoms with van der Waals surface area (Å²) in [6.07, 6.45) is 72.2. The Balaban J connectivity index is 3.42. The van der Waals surface area contributed by atoms with Crippen molar-refractivity contribution in [2.24, 2.45) is 0 Å². The number of esters is 1. The molecular formula is C63H121NO5. The number of allylic oxidation sites excluding steroid dienone is 3. The van der Waals surface area contributed by atoms with Gasteiger partial charge in [-0.2, -0.15) is 0 Å². The van der Waals surface area contributed by atoms with Crippen molar-refractivity contribution in [1.82, 2.24) is 5.32 Å². The number of unbranched alkanes of at least 4 members (excludes halogenated alkanes) is 45. The van der Waals surface area contributed by atoms with E-state index in [0.29, 0.717) is 19.4 Å². The summed E-state index contributed by atoms with van der Waals surface area (Å²) >= 11 is 0. The van der Waals surface area contributed by atoms with Crippen molar-refractivity contribution in [2.75, 3.05) is 13.2 Å². The van der Waals surface area contributed by atoms with E-state index in [2.05, 4.69) is 31.3 Å². The molecule has 0 aromatic heterocycles. The van der Waals surface area contributed by atoms with Crippen LogP contribution in [0.15, 0.2) is 24.3 Å². The third kappa shape index (κ3) is 55.5. The molecule has 0 fully saturated rings. The van der Waals surface area contributed by atoms with Crippen molar-refractivity contribution in [1.29, 1.82) is 0 Å². The Morgan fingerprint density at radius 3 is 1.07 bits per heavy atom. The smallest absolute Gasteiger partial charge is 0.305 e. The van der Waals surface area contributed by atoms with Gasteiger partial charge in [0.2, 0.25) is 5.91 Å². The van der Waals surface area contributed by atoms with Gasteiger partial charge < -0.3 is 20.3 Å². The molecule has 0 aliphatic rings. The fraction of sp³-hybridized carbons (Fsp3) is 0.905. The third-order valence-electron chi connectivity index (χ3n) is 14.5. The number of carbonyl (C=O) groups excluding carboxylic acids is 2. The molecule has 0 aromatic carbocycles. The summed E-state index contributed by atoms with van der Waals surface area (Å²) in [4.78, 5) is 24.5. The van der Waals surface area contributed by atoms with E-state index in [4.69, 9.17) is 4.74 Å². The molecule has 0 saturated carbocycles. The molecule has 0 saturated heterocycles. The quantitative estimate of drug-likeness (QED) is 0.0321. The standard InChI is InChI=1S/C63H121NO5/c1-3-5-7-9-11-13-15-16-17-18-23-26-29-32-36-39-43-47-51-55-61(66)60(59-65)64-62(67)56-52-48-44-40-37-33-30-27-24-21-19-20-22-25-28-31-34-38-42-46-50-54-58-69-63(68)57-53-49-45-41-35-14-12-10-8-6-4-2/h10,12,51,55,60-61,65-66H,3-9,11,13-50,52-54,56-59H2,1-2H3,(H,64,67)/b12-10-,55-51+. The zero-order valence-electron chi connectivity index (χ0n) is 46.6. The van der Waals surface area contributed by atoms with Gasteiger partial charge >= 0.3 is 5.97 Å². The highest BCUT2D eigenvalue weighted by Crippen LogP contribution is 2.18. The van der Waals surface area contributed by atoms with Crippen LogP contribution in [0.25, 0.3) is 0 Å². The van der Waals surface area contributed by atoms with E-state index in [1.54, 1.807) is 6.08 Å². The van der Waals surface area contributed by atoms with E-state index in [1.165, 1.54) is 270 Å². The zero-order valence-corrected chi connectivity index (χ0v) is 46.6. The van der Waals surface area contributed by atoms with Crippen LogP contribution >= 0.6 is 0 Å². The van der Waals surface area contributed by atoms with Gasteiger partial charge in [-0.3, -0.25) is 9.59 Å². The second kappa shape index (κ2) is 58.9. The minimum Gasteiger partial charge on any atom is -0.466 e. The van der Waals surface area contributed by atoms with Gasteiger partial charge in [0, 0.05) is 12.8 Å². The Hall–Kier alpha value is -1.66. The monoisotopic (exact) mass is 972 g/mol. The molecule has 3 N–H and O–H groups in total. The summed E-state index contributed by atoms with van der Waals surface area (Å²) in [5.41, 5.74) is 0. The number of carbonyl (C=O) groups is 2. The Bertz CT molecular complexity index is 1080. The first-order valence-corrected chi connectivity index (χ1v) is 31.1. The van der Waals surface area contributed by atoms with Crippen LogP contribution in [0.4, 0.5) is 0 Å². The fourth-order valence-corrected chi connectivity index (χ4v) is 9.68. The molecule has 0 aliphatic carbocycles. The lowest BCUT2D eigenvalue weighted by Gasteiger charge is -2.20. The number of hydrogen-bond donors (Lipinski definition) is 3. The number of amides is 1. The van der Waals surface area contributed by atoms with E-state index < -0.39 is 12.1 Å². The van der Waals surface area contributed by atoms with Crippen LogP contribution in [0.1, 0.15) is 341 Å². The first-order chi connectivity index (χ1) is 34.0. The molecule has 2 atom stereocenters. The molecule has 69 heavy (non-hydrogen) atoms. The highest BCUT2D eigenvalue weighted by molar-refractivity contribution is 5.76. The molecule has 0 rings (SSSR count). The molecule has 2 unspecified atom stereocenters. The summed E-state index contributed by atoms with van der Waals surface area (Å²) in [6.45, 7) is 4.89. The average Bonchev–Trinajstić information content (AvgIpc) is 3.35. The summed E-state index contributed by atoms with van der Waals surface area (Å²) < 4.78 is 5.46. The lowest BCUT2D eigenvalue weighted by atomic mass is 10.0. The molecule has 1 amide bonds. The van der Waals surface area contributed by atoms with Crippen LogP contribution in [0.2, 0.25) is 0 Å². The van der Waals surface area contributed by atoms with Crippen molar-refractivity contribution in [3.63, 3.8) is 0 Å². The molecule has 0 bridgehead atoms. The van der Waals surface area contributed by atoms with Gasteiger partial charge in [-0.25, -0.2) is 0 Å². The van der Waals surface area contributed by atoms with Crippen LogP contribution in [-0.2, 0) is 14.3 Å². The SMILES string of the molecule is CCCC/C=C\CCCCCCCC(=O)OCCCCCCCCCCCCCCCCCCCCCCCCC(=O)NC(CO)C(O)/C=C/CCCCCCCCCCCCCCCCCCC. The van der Waals surface area contributed by atoms with Gasteiger partial charge in [0.25, 0.3) is 0 Å². The summed E-state index contributed by atoms with van der Waals surface area (Å²) in [7, 11) is 0. The van der Waals surface area contributed by atoms with Gasteiger partial charge in [0.15, 0.2) is 0 Å². The van der Waals surface area contributed by atoms with E-state index >= 15 is 0 Å². The number of aliphatic hydroxyl groups is 2. The second-order valence-corrected chi connectivity index (χ2v) is 21.4. The third-order valence-corrected chi connectivity index (χ3v) is 14.5. The molecule has 408 valence electrons. The van der Waals surface area contributed by atoms with Crippen LogP contribution < -0.4 is 5.32 Å². The largest absolute Gasteiger partial charge is 0.466 e. The molecule has 0 aromatic rings. The number of rotatable bonds is 58. The number of nitrogens with one attached hydrogen (secondary N) is 1. The Morgan fingerprint density at radius 2 is 0.696 bits per heavy atom. The maximum atomic E-state index is 12.5. The van der Waals surface area contributed by atoms with Crippen LogP contribution in [0, 0.1) is 0 Å². The maximum absolute atomic E-state index is 12.5. The molecule has 6 nitrogen and oxygen atoms in total. The van der Waals surface area contributed by atoms with E-state index in [9.17, 15) is 19.8 Å². The molecule has 0 heterocycles. The Morgan fingerprint density at radius 1 is 0.391 bits per heavy atom. The number of hydrogen-bond acceptors (Lipinski definition) is 5. The number of aliphatic hydroxyl groups excluding tert-OH is 2. The van der Waals surface area contributed by atoms with Crippen molar-refractivity contribution in [3.8, 4) is 0 Å². The van der Waals surface area contributed by atoms with Crippen LogP contribution in [0.5, 0.6) is 0 Å². The lowest BCUT2D eigenvalue weighted by Crippen LogP contribution is -2.45. The van der Waals surface area contributed by atoms with Crippen molar-refractivity contribution in [2.45, 2.75) is 353 Å². The van der Waals surface area contributed by atoms with E-state index in [-0.39, 0.29) is 18.5 Å². The second-order valence-electron chi connectivity index (χ2n) is 21.4. The highest BCUT2D eigenvalue weighted by atomic mass is 16.5. The summed E-state index contributed by atoms with van der Waals surface area (Å²) in [6, 6.07) is -0.628. The molecule has 0 radical (unpaired) electrons. The minimum absolute atomic E-state index is 0.00190. The van der Waals surface area contributed by atoms with Crippen LogP contribution in [0.3, 0.4) is 0 Å². The lowest BCUT2D eigenvalue weighted by molar-refractivity contribution is -0.143. The summed E-state index contributed by atoms with van der Waals surface area (Å²) in [5.74, 6) is -0.0635.